The molecule has 0 aliphatic rings. The summed E-state index contributed by atoms with van der Waals surface area (Å²) in [4.78, 5) is 0. The van der Waals surface area contributed by atoms with Crippen molar-refractivity contribution in [3.8, 4) is 11.3 Å². The minimum Gasteiger partial charge on any atom is -0.233 e. The highest BCUT2D eigenvalue weighted by Crippen LogP contribution is 2.25. The van der Waals surface area contributed by atoms with Gasteiger partial charge in [-0.05, 0) is 6.42 Å². The molecule has 0 amide bonds. The van der Waals surface area contributed by atoms with Gasteiger partial charge in [0.15, 0.2) is 5.15 Å². The highest BCUT2D eigenvalue weighted by Gasteiger charge is 2.11. The fourth-order valence-electron chi connectivity index (χ4n) is 2.26. The second-order valence-electron chi connectivity index (χ2n) is 5.09. The van der Waals surface area contributed by atoms with Gasteiger partial charge in [-0.1, -0.05) is 86.2 Å². The van der Waals surface area contributed by atoms with Gasteiger partial charge in [-0.3, -0.25) is 0 Å². The Morgan fingerprint density at radius 2 is 1.70 bits per heavy atom. The van der Waals surface area contributed by atoms with Gasteiger partial charge >= 0.3 is 0 Å². The molecule has 0 saturated heterocycles. The van der Waals surface area contributed by atoms with Crippen molar-refractivity contribution >= 4 is 11.6 Å². The molecular formula is C16H22ClN3. The zero-order valence-electron chi connectivity index (χ0n) is 12.1. The Hall–Kier alpha value is -1.35. The molecule has 1 heterocycles. The van der Waals surface area contributed by atoms with Gasteiger partial charge in [0.05, 0.1) is 0 Å². The van der Waals surface area contributed by atoms with E-state index in [0.717, 1.165) is 24.2 Å². The number of benzene rings is 1. The molecule has 108 valence electrons. The molecule has 0 unspecified atom stereocenters. The van der Waals surface area contributed by atoms with E-state index in [1.807, 2.05) is 35.0 Å². The molecule has 0 saturated carbocycles. The van der Waals surface area contributed by atoms with Crippen molar-refractivity contribution < 1.29 is 0 Å². The molecule has 0 spiro atoms. The van der Waals surface area contributed by atoms with Crippen molar-refractivity contribution in [2.45, 2.75) is 52.0 Å². The van der Waals surface area contributed by atoms with E-state index >= 15 is 0 Å². The summed E-state index contributed by atoms with van der Waals surface area (Å²) in [7, 11) is 0. The standard InChI is InChI=1S/C16H22ClN3/c1-2-3-4-5-6-10-13-20-16(17)15(18-19-20)14-11-8-7-9-12-14/h7-9,11-12H,2-6,10,13H2,1H3. The van der Waals surface area contributed by atoms with Gasteiger partial charge in [-0.15, -0.1) is 5.10 Å². The number of halogens is 1. The number of rotatable bonds is 8. The smallest absolute Gasteiger partial charge is 0.155 e. The Morgan fingerprint density at radius 3 is 2.45 bits per heavy atom. The first kappa shape index (κ1) is 15.0. The maximum atomic E-state index is 6.36. The summed E-state index contributed by atoms with van der Waals surface area (Å²) in [6, 6.07) is 9.96. The SMILES string of the molecule is CCCCCCCCn1nnc(-c2ccccc2)c1Cl. The van der Waals surface area contributed by atoms with E-state index in [9.17, 15) is 0 Å². The van der Waals surface area contributed by atoms with Crippen LogP contribution in [0.15, 0.2) is 30.3 Å². The number of hydrogen-bond donors (Lipinski definition) is 0. The molecule has 3 nitrogen and oxygen atoms in total. The molecule has 0 N–H and O–H groups in total. The van der Waals surface area contributed by atoms with Gasteiger partial charge in [-0.25, -0.2) is 4.68 Å². The third-order valence-corrected chi connectivity index (χ3v) is 3.82. The van der Waals surface area contributed by atoms with Crippen molar-refractivity contribution in [1.82, 2.24) is 15.0 Å². The van der Waals surface area contributed by atoms with Gasteiger partial charge in [0.2, 0.25) is 0 Å². The molecule has 0 radical (unpaired) electrons. The summed E-state index contributed by atoms with van der Waals surface area (Å²) in [6.07, 6.45) is 7.60. The normalized spacial score (nSPS) is 10.9. The molecule has 0 atom stereocenters. The van der Waals surface area contributed by atoms with Gasteiger partial charge in [0.1, 0.15) is 5.69 Å². The average Bonchev–Trinajstić information content (AvgIpc) is 2.85. The van der Waals surface area contributed by atoms with E-state index in [2.05, 4.69) is 17.2 Å². The highest BCUT2D eigenvalue weighted by molar-refractivity contribution is 6.31. The zero-order valence-corrected chi connectivity index (χ0v) is 12.8. The lowest BCUT2D eigenvalue weighted by molar-refractivity contribution is 0.517. The van der Waals surface area contributed by atoms with Crippen LogP contribution in [0.4, 0.5) is 0 Å². The topological polar surface area (TPSA) is 30.7 Å². The summed E-state index contributed by atoms with van der Waals surface area (Å²) in [5.41, 5.74) is 1.80. The first-order chi connectivity index (χ1) is 9.83. The Bertz CT molecular complexity index is 508. The molecule has 20 heavy (non-hydrogen) atoms. The number of nitrogens with zero attached hydrogens (tertiary/aromatic N) is 3. The van der Waals surface area contributed by atoms with Crippen molar-refractivity contribution in [2.75, 3.05) is 0 Å². The Morgan fingerprint density at radius 1 is 1.00 bits per heavy atom. The van der Waals surface area contributed by atoms with Gasteiger partial charge in [0.25, 0.3) is 0 Å². The Labute approximate surface area is 126 Å². The molecule has 1 aromatic carbocycles. The molecule has 0 aliphatic heterocycles. The molecule has 0 fully saturated rings. The van der Waals surface area contributed by atoms with Crippen LogP contribution in [0.1, 0.15) is 45.4 Å². The van der Waals surface area contributed by atoms with Crippen molar-refractivity contribution in [2.24, 2.45) is 0 Å². The fraction of sp³-hybridized carbons (Fsp3) is 0.500. The van der Waals surface area contributed by atoms with E-state index in [1.54, 1.807) is 0 Å². The lowest BCUT2D eigenvalue weighted by Gasteiger charge is -2.03. The molecule has 2 aromatic rings. The monoisotopic (exact) mass is 291 g/mol. The molecule has 4 heteroatoms. The molecule has 2 rings (SSSR count). The van der Waals surface area contributed by atoms with Crippen LogP contribution in [0.5, 0.6) is 0 Å². The van der Waals surface area contributed by atoms with Crippen molar-refractivity contribution in [3.63, 3.8) is 0 Å². The van der Waals surface area contributed by atoms with Crippen molar-refractivity contribution in [1.29, 1.82) is 0 Å². The third-order valence-electron chi connectivity index (χ3n) is 3.45. The minimum absolute atomic E-state index is 0.643. The highest BCUT2D eigenvalue weighted by atomic mass is 35.5. The number of aromatic nitrogens is 3. The van der Waals surface area contributed by atoms with Crippen LogP contribution in [-0.4, -0.2) is 15.0 Å². The van der Waals surface area contributed by atoms with Gasteiger partial charge in [0, 0.05) is 12.1 Å². The second-order valence-corrected chi connectivity index (χ2v) is 5.44. The van der Waals surface area contributed by atoms with Gasteiger partial charge < -0.3 is 0 Å². The van der Waals surface area contributed by atoms with E-state index in [1.165, 1.54) is 32.1 Å². The predicted molar refractivity (Wildman–Crippen MR) is 83.8 cm³/mol. The largest absolute Gasteiger partial charge is 0.233 e. The van der Waals surface area contributed by atoms with Gasteiger partial charge in [-0.2, -0.15) is 0 Å². The molecule has 1 aromatic heterocycles. The zero-order chi connectivity index (χ0) is 14.2. The van der Waals surface area contributed by atoms with Crippen LogP contribution < -0.4 is 0 Å². The fourth-order valence-corrected chi connectivity index (χ4v) is 2.52. The lowest BCUT2D eigenvalue weighted by atomic mass is 10.1. The number of aryl methyl sites for hydroxylation is 1. The summed E-state index contributed by atoms with van der Waals surface area (Å²) in [5.74, 6) is 0. The number of unbranched alkanes of at least 4 members (excludes halogenated alkanes) is 5. The Kier molecular flexibility index (Phi) is 6.06. The predicted octanol–water partition coefficient (Wildman–Crippen LogP) is 4.96. The number of hydrogen-bond acceptors (Lipinski definition) is 2. The van der Waals surface area contributed by atoms with E-state index in [4.69, 9.17) is 11.6 Å². The quantitative estimate of drug-likeness (QED) is 0.644. The summed E-state index contributed by atoms with van der Waals surface area (Å²) in [5, 5.41) is 9.00. The Balaban J connectivity index is 1.86. The maximum absolute atomic E-state index is 6.36. The van der Waals surface area contributed by atoms with E-state index < -0.39 is 0 Å². The minimum atomic E-state index is 0.643. The van der Waals surface area contributed by atoms with Crippen LogP contribution in [0, 0.1) is 0 Å². The first-order valence-corrected chi connectivity index (χ1v) is 7.85. The second kappa shape index (κ2) is 8.05. The maximum Gasteiger partial charge on any atom is 0.155 e. The van der Waals surface area contributed by atoms with Crippen LogP contribution in [0.25, 0.3) is 11.3 Å². The molecular weight excluding hydrogens is 270 g/mol. The average molecular weight is 292 g/mol. The first-order valence-electron chi connectivity index (χ1n) is 7.47. The van der Waals surface area contributed by atoms with E-state index in [-0.39, 0.29) is 0 Å². The van der Waals surface area contributed by atoms with Crippen molar-refractivity contribution in [3.05, 3.63) is 35.5 Å². The van der Waals surface area contributed by atoms with Crippen LogP contribution in [0.2, 0.25) is 5.15 Å². The third kappa shape index (κ3) is 4.07. The lowest BCUT2D eigenvalue weighted by Crippen LogP contribution is -2.00. The molecule has 0 aliphatic carbocycles. The summed E-state index contributed by atoms with van der Waals surface area (Å²) < 4.78 is 1.81. The summed E-state index contributed by atoms with van der Waals surface area (Å²) in [6.45, 7) is 3.09. The molecule has 0 bridgehead atoms. The van der Waals surface area contributed by atoms with E-state index in [0.29, 0.717) is 5.15 Å². The van der Waals surface area contributed by atoms with Crippen LogP contribution >= 0.6 is 11.6 Å². The van der Waals surface area contributed by atoms with Crippen LogP contribution in [-0.2, 0) is 6.54 Å². The summed E-state index contributed by atoms with van der Waals surface area (Å²) >= 11 is 6.36. The van der Waals surface area contributed by atoms with Crippen LogP contribution in [0.3, 0.4) is 0 Å².